The maximum absolute atomic E-state index is 10.8. The number of nitrogens with one attached hydrogen (secondary N) is 1. The number of rotatable bonds is 5. The van der Waals surface area contributed by atoms with Gasteiger partial charge < -0.3 is 15.2 Å². The zero-order valence-corrected chi connectivity index (χ0v) is 11.3. The molecule has 1 aliphatic carbocycles. The molecule has 0 radical (unpaired) electrons. The summed E-state index contributed by atoms with van der Waals surface area (Å²) in [5.74, 6) is 0. The topological polar surface area (TPSA) is 41.5 Å². The minimum atomic E-state index is -0.725. The third-order valence-corrected chi connectivity index (χ3v) is 3.71. The molecule has 1 aromatic carbocycles. The van der Waals surface area contributed by atoms with Crippen LogP contribution in [0.2, 0.25) is 0 Å². The molecule has 0 saturated heterocycles. The largest absolute Gasteiger partial charge is 0.384 e. The van der Waals surface area contributed by atoms with Gasteiger partial charge in [0.2, 0.25) is 0 Å². The fourth-order valence-corrected chi connectivity index (χ4v) is 2.73. The molecule has 3 nitrogen and oxygen atoms in total. The van der Waals surface area contributed by atoms with Crippen molar-refractivity contribution >= 4 is 0 Å². The van der Waals surface area contributed by atoms with Crippen LogP contribution in [-0.4, -0.2) is 31.4 Å². The summed E-state index contributed by atoms with van der Waals surface area (Å²) in [6.07, 6.45) is 2.96. The summed E-state index contributed by atoms with van der Waals surface area (Å²) < 4.78 is 5.10. The smallest absolute Gasteiger partial charge is 0.102 e. The lowest BCUT2D eigenvalue weighted by molar-refractivity contribution is 0.0144. The number of aliphatic hydroxyl groups is 1. The molecule has 0 fully saturated rings. The normalized spacial score (nSPS) is 24.6. The van der Waals surface area contributed by atoms with Crippen LogP contribution in [0.25, 0.3) is 0 Å². The zero-order chi connectivity index (χ0) is 13.0. The van der Waals surface area contributed by atoms with E-state index in [-0.39, 0.29) is 6.04 Å². The Hall–Kier alpha value is -0.900. The first-order valence-corrected chi connectivity index (χ1v) is 6.69. The molecule has 2 atom stereocenters. The van der Waals surface area contributed by atoms with Gasteiger partial charge in [0.25, 0.3) is 0 Å². The van der Waals surface area contributed by atoms with Gasteiger partial charge in [-0.3, -0.25) is 0 Å². The minimum Gasteiger partial charge on any atom is -0.384 e. The molecule has 0 bridgehead atoms. The first-order chi connectivity index (χ1) is 8.65. The molecule has 2 N–H and O–H groups in total. The molecular weight excluding hydrogens is 226 g/mol. The summed E-state index contributed by atoms with van der Waals surface area (Å²) in [5.41, 5.74) is 1.65. The fraction of sp³-hybridized carbons (Fsp3) is 0.600. The molecule has 2 rings (SSSR count). The van der Waals surface area contributed by atoms with Crippen LogP contribution in [0, 0.1) is 0 Å². The van der Waals surface area contributed by atoms with Crippen molar-refractivity contribution in [2.45, 2.75) is 37.8 Å². The van der Waals surface area contributed by atoms with E-state index < -0.39 is 5.60 Å². The van der Waals surface area contributed by atoms with Gasteiger partial charge in [-0.1, -0.05) is 24.3 Å². The van der Waals surface area contributed by atoms with Crippen LogP contribution in [-0.2, 0) is 16.8 Å². The lowest BCUT2D eigenvalue weighted by Gasteiger charge is -2.35. The van der Waals surface area contributed by atoms with Gasteiger partial charge in [-0.2, -0.15) is 0 Å². The number of fused-ring (bicyclic) bond motifs is 1. The van der Waals surface area contributed by atoms with Crippen molar-refractivity contribution in [2.24, 2.45) is 0 Å². The number of methoxy groups -OCH3 is 1. The molecular formula is C15H23NO2. The van der Waals surface area contributed by atoms with Crippen LogP contribution in [0.5, 0.6) is 0 Å². The Labute approximate surface area is 109 Å². The predicted octanol–water partition coefficient (Wildman–Crippen LogP) is 1.83. The Bertz CT molecular complexity index is 394. The van der Waals surface area contributed by atoms with Crippen molar-refractivity contribution in [1.82, 2.24) is 5.32 Å². The SMILES string of the molecule is COCC(C)NCC1(O)CCCc2ccccc21. The van der Waals surface area contributed by atoms with Crippen LogP contribution in [0.15, 0.2) is 24.3 Å². The summed E-state index contributed by atoms with van der Waals surface area (Å²) in [4.78, 5) is 0. The molecule has 100 valence electrons. The molecule has 0 heterocycles. The predicted molar refractivity (Wildman–Crippen MR) is 72.6 cm³/mol. The molecule has 0 aliphatic heterocycles. The van der Waals surface area contributed by atoms with E-state index in [0.717, 1.165) is 24.8 Å². The first kappa shape index (κ1) is 13.5. The summed E-state index contributed by atoms with van der Waals surface area (Å²) in [7, 11) is 1.70. The summed E-state index contributed by atoms with van der Waals surface area (Å²) >= 11 is 0. The van der Waals surface area contributed by atoms with Gasteiger partial charge >= 0.3 is 0 Å². The quantitative estimate of drug-likeness (QED) is 0.836. The second-order valence-corrected chi connectivity index (χ2v) is 5.28. The summed E-state index contributed by atoms with van der Waals surface area (Å²) in [6.45, 7) is 3.33. The van der Waals surface area contributed by atoms with Crippen molar-refractivity contribution in [2.75, 3.05) is 20.3 Å². The van der Waals surface area contributed by atoms with Gasteiger partial charge in [0.05, 0.1) is 6.61 Å². The fourth-order valence-electron chi connectivity index (χ4n) is 2.73. The Morgan fingerprint density at radius 1 is 1.44 bits per heavy atom. The van der Waals surface area contributed by atoms with E-state index in [1.165, 1.54) is 5.56 Å². The van der Waals surface area contributed by atoms with Crippen molar-refractivity contribution in [3.8, 4) is 0 Å². The van der Waals surface area contributed by atoms with Gasteiger partial charge in [-0.15, -0.1) is 0 Å². The standard InChI is InChI=1S/C15H23NO2/c1-12(10-18-2)16-11-15(17)9-5-7-13-6-3-4-8-14(13)15/h3-4,6,8,12,16-17H,5,7,9-11H2,1-2H3. The van der Waals surface area contributed by atoms with Gasteiger partial charge in [0.1, 0.15) is 5.60 Å². The van der Waals surface area contributed by atoms with E-state index in [9.17, 15) is 5.11 Å². The van der Waals surface area contributed by atoms with E-state index in [1.54, 1.807) is 7.11 Å². The van der Waals surface area contributed by atoms with Crippen molar-refractivity contribution < 1.29 is 9.84 Å². The molecule has 0 amide bonds. The first-order valence-electron chi connectivity index (χ1n) is 6.69. The maximum atomic E-state index is 10.8. The van der Waals surface area contributed by atoms with Crippen LogP contribution in [0.3, 0.4) is 0 Å². The summed E-state index contributed by atoms with van der Waals surface area (Å²) in [6, 6.07) is 8.49. The number of hydrogen-bond donors (Lipinski definition) is 2. The van der Waals surface area contributed by atoms with Crippen LogP contribution < -0.4 is 5.32 Å². The summed E-state index contributed by atoms with van der Waals surface area (Å²) in [5, 5.41) is 14.2. The van der Waals surface area contributed by atoms with Gasteiger partial charge in [-0.25, -0.2) is 0 Å². The average molecular weight is 249 g/mol. The van der Waals surface area contributed by atoms with E-state index in [0.29, 0.717) is 13.2 Å². The van der Waals surface area contributed by atoms with Crippen LogP contribution in [0.1, 0.15) is 30.9 Å². The van der Waals surface area contributed by atoms with Crippen molar-refractivity contribution in [1.29, 1.82) is 0 Å². The molecule has 3 heteroatoms. The number of ether oxygens (including phenoxy) is 1. The molecule has 1 aliphatic rings. The van der Waals surface area contributed by atoms with Gasteiger partial charge in [0.15, 0.2) is 0 Å². The minimum absolute atomic E-state index is 0.258. The van der Waals surface area contributed by atoms with Crippen molar-refractivity contribution in [3.63, 3.8) is 0 Å². The number of aryl methyl sites for hydroxylation is 1. The Morgan fingerprint density at radius 3 is 3.00 bits per heavy atom. The van der Waals surface area contributed by atoms with E-state index in [2.05, 4.69) is 24.4 Å². The second kappa shape index (κ2) is 5.83. The Kier molecular flexibility index (Phi) is 4.38. The van der Waals surface area contributed by atoms with Gasteiger partial charge in [-0.05, 0) is 37.3 Å². The maximum Gasteiger partial charge on any atom is 0.102 e. The lowest BCUT2D eigenvalue weighted by Crippen LogP contribution is -2.44. The Morgan fingerprint density at radius 2 is 2.22 bits per heavy atom. The average Bonchev–Trinajstić information content (AvgIpc) is 2.38. The number of hydrogen-bond acceptors (Lipinski definition) is 3. The third-order valence-electron chi connectivity index (χ3n) is 3.71. The highest BCUT2D eigenvalue weighted by atomic mass is 16.5. The molecule has 0 saturated carbocycles. The highest BCUT2D eigenvalue weighted by Gasteiger charge is 2.33. The van der Waals surface area contributed by atoms with E-state index in [1.807, 2.05) is 12.1 Å². The monoisotopic (exact) mass is 249 g/mol. The van der Waals surface area contributed by atoms with Crippen molar-refractivity contribution in [3.05, 3.63) is 35.4 Å². The highest BCUT2D eigenvalue weighted by Crippen LogP contribution is 2.34. The highest BCUT2D eigenvalue weighted by molar-refractivity contribution is 5.35. The van der Waals surface area contributed by atoms with Crippen LogP contribution in [0.4, 0.5) is 0 Å². The lowest BCUT2D eigenvalue weighted by atomic mass is 9.79. The van der Waals surface area contributed by atoms with E-state index >= 15 is 0 Å². The zero-order valence-electron chi connectivity index (χ0n) is 11.3. The molecule has 2 unspecified atom stereocenters. The second-order valence-electron chi connectivity index (χ2n) is 5.28. The molecule has 0 spiro atoms. The van der Waals surface area contributed by atoms with Gasteiger partial charge in [0, 0.05) is 19.7 Å². The third kappa shape index (κ3) is 2.91. The Balaban J connectivity index is 2.07. The molecule has 18 heavy (non-hydrogen) atoms. The van der Waals surface area contributed by atoms with Crippen LogP contribution >= 0.6 is 0 Å². The molecule has 0 aromatic heterocycles. The van der Waals surface area contributed by atoms with E-state index in [4.69, 9.17) is 4.74 Å². The molecule has 1 aromatic rings. The number of benzene rings is 1.